The molecule has 2 unspecified atom stereocenters. The standard InChI is InChI=1S/C21H32N4O/c1-23(20-15-17-7-8-18(16-20)22-17)21(26)9-10-24-11-13-25(14-12-24)19-5-3-2-4-6-19/h2-6,17-18,20,22H,7-16H2,1H3. The second-order valence-corrected chi connectivity index (χ2v) is 8.18. The van der Waals surface area contributed by atoms with Crippen LogP contribution in [0.4, 0.5) is 5.69 Å². The Morgan fingerprint density at radius 2 is 1.73 bits per heavy atom. The van der Waals surface area contributed by atoms with Crippen LogP contribution in [0.15, 0.2) is 30.3 Å². The molecule has 0 aromatic heterocycles. The lowest BCUT2D eigenvalue weighted by atomic mass is 9.98. The van der Waals surface area contributed by atoms with E-state index in [0.29, 0.717) is 30.5 Å². The first-order valence-corrected chi connectivity index (χ1v) is 10.2. The third-order valence-corrected chi connectivity index (χ3v) is 6.52. The summed E-state index contributed by atoms with van der Waals surface area (Å²) in [5, 5.41) is 3.66. The summed E-state index contributed by atoms with van der Waals surface area (Å²) in [5.41, 5.74) is 1.31. The maximum absolute atomic E-state index is 12.7. The second-order valence-electron chi connectivity index (χ2n) is 8.18. The van der Waals surface area contributed by atoms with E-state index in [-0.39, 0.29) is 0 Å². The van der Waals surface area contributed by atoms with Crippen molar-refractivity contribution < 1.29 is 4.79 Å². The number of rotatable bonds is 5. The van der Waals surface area contributed by atoms with Crippen LogP contribution in [0.5, 0.6) is 0 Å². The van der Waals surface area contributed by atoms with Crippen LogP contribution >= 0.6 is 0 Å². The largest absolute Gasteiger partial charge is 0.369 e. The summed E-state index contributed by atoms with van der Waals surface area (Å²) in [7, 11) is 2.02. The van der Waals surface area contributed by atoms with Crippen molar-refractivity contribution in [1.82, 2.24) is 15.1 Å². The molecule has 1 aromatic rings. The number of hydrogen-bond acceptors (Lipinski definition) is 4. The summed E-state index contributed by atoms with van der Waals surface area (Å²) in [6.07, 6.45) is 5.49. The first-order valence-electron chi connectivity index (χ1n) is 10.2. The van der Waals surface area contributed by atoms with Crippen molar-refractivity contribution in [2.45, 2.75) is 50.2 Å². The molecule has 4 rings (SSSR count). The van der Waals surface area contributed by atoms with Crippen LogP contribution < -0.4 is 10.2 Å². The number of piperidine rings is 1. The molecule has 142 valence electrons. The topological polar surface area (TPSA) is 38.8 Å². The van der Waals surface area contributed by atoms with Gasteiger partial charge in [-0.1, -0.05) is 18.2 Å². The molecule has 5 nitrogen and oxygen atoms in total. The van der Waals surface area contributed by atoms with E-state index in [0.717, 1.165) is 45.6 Å². The molecule has 1 N–H and O–H groups in total. The summed E-state index contributed by atoms with van der Waals surface area (Å²) in [6.45, 7) is 5.08. The SMILES string of the molecule is CN(C(=O)CCN1CCN(c2ccccc2)CC1)C1CC2CCC(C1)N2. The van der Waals surface area contributed by atoms with Crippen LogP contribution in [0.25, 0.3) is 0 Å². The van der Waals surface area contributed by atoms with Crippen molar-refractivity contribution in [3.63, 3.8) is 0 Å². The minimum Gasteiger partial charge on any atom is -0.369 e. The Labute approximate surface area is 157 Å². The molecule has 0 aliphatic carbocycles. The molecule has 0 saturated carbocycles. The van der Waals surface area contributed by atoms with E-state index < -0.39 is 0 Å². The van der Waals surface area contributed by atoms with E-state index in [9.17, 15) is 4.79 Å². The predicted octanol–water partition coefficient (Wildman–Crippen LogP) is 1.94. The van der Waals surface area contributed by atoms with E-state index in [4.69, 9.17) is 0 Å². The van der Waals surface area contributed by atoms with Gasteiger partial charge in [0.25, 0.3) is 0 Å². The molecule has 3 aliphatic rings. The van der Waals surface area contributed by atoms with Crippen molar-refractivity contribution in [3.05, 3.63) is 30.3 Å². The van der Waals surface area contributed by atoms with Gasteiger partial charge in [0, 0.05) is 70.0 Å². The van der Waals surface area contributed by atoms with Crippen LogP contribution in [-0.4, -0.2) is 73.6 Å². The summed E-state index contributed by atoms with van der Waals surface area (Å²) < 4.78 is 0. The van der Waals surface area contributed by atoms with E-state index >= 15 is 0 Å². The smallest absolute Gasteiger partial charge is 0.223 e. The van der Waals surface area contributed by atoms with Crippen molar-refractivity contribution in [1.29, 1.82) is 0 Å². The van der Waals surface area contributed by atoms with Gasteiger partial charge in [-0.15, -0.1) is 0 Å². The van der Waals surface area contributed by atoms with Crippen LogP contribution in [0.2, 0.25) is 0 Å². The van der Waals surface area contributed by atoms with Crippen molar-refractivity contribution in [3.8, 4) is 0 Å². The first-order chi connectivity index (χ1) is 12.7. The van der Waals surface area contributed by atoms with Crippen LogP contribution in [-0.2, 0) is 4.79 Å². The number of hydrogen-bond donors (Lipinski definition) is 1. The molecule has 2 atom stereocenters. The lowest BCUT2D eigenvalue weighted by Gasteiger charge is -2.37. The summed E-state index contributed by atoms with van der Waals surface area (Å²) in [5.74, 6) is 0.321. The maximum atomic E-state index is 12.7. The Balaban J connectivity index is 1.20. The Morgan fingerprint density at radius 3 is 2.38 bits per heavy atom. The highest BCUT2D eigenvalue weighted by Gasteiger charge is 2.36. The van der Waals surface area contributed by atoms with Gasteiger partial charge in [-0.05, 0) is 37.8 Å². The number of amides is 1. The quantitative estimate of drug-likeness (QED) is 0.875. The van der Waals surface area contributed by atoms with Gasteiger partial charge in [0.1, 0.15) is 0 Å². The molecule has 3 fully saturated rings. The first kappa shape index (κ1) is 17.8. The fourth-order valence-electron chi connectivity index (χ4n) is 4.85. The average molecular weight is 357 g/mol. The fourth-order valence-corrected chi connectivity index (χ4v) is 4.85. The highest BCUT2D eigenvalue weighted by atomic mass is 16.2. The average Bonchev–Trinajstić information content (AvgIpc) is 3.04. The van der Waals surface area contributed by atoms with Crippen molar-refractivity contribution >= 4 is 11.6 Å². The molecule has 5 heteroatoms. The highest BCUT2D eigenvalue weighted by molar-refractivity contribution is 5.76. The zero-order valence-electron chi connectivity index (χ0n) is 15.9. The number of nitrogens with one attached hydrogen (secondary N) is 1. The minimum atomic E-state index is 0.321. The summed E-state index contributed by atoms with van der Waals surface area (Å²) in [4.78, 5) is 19.6. The summed E-state index contributed by atoms with van der Waals surface area (Å²) >= 11 is 0. The van der Waals surface area contributed by atoms with E-state index in [1.807, 2.05) is 11.9 Å². The molecule has 2 bridgehead atoms. The van der Waals surface area contributed by atoms with Gasteiger partial charge >= 0.3 is 0 Å². The highest BCUT2D eigenvalue weighted by Crippen LogP contribution is 2.29. The molecule has 1 amide bonds. The number of anilines is 1. The molecule has 0 radical (unpaired) electrons. The third kappa shape index (κ3) is 4.04. The maximum Gasteiger partial charge on any atom is 0.223 e. The molecular weight excluding hydrogens is 324 g/mol. The van der Waals surface area contributed by atoms with Gasteiger partial charge in [-0.25, -0.2) is 0 Å². The zero-order valence-corrected chi connectivity index (χ0v) is 15.9. The Hall–Kier alpha value is -1.59. The number of benzene rings is 1. The van der Waals surface area contributed by atoms with Gasteiger partial charge < -0.3 is 15.1 Å². The molecule has 1 aromatic carbocycles. The summed E-state index contributed by atoms with van der Waals surface area (Å²) in [6, 6.07) is 12.3. The van der Waals surface area contributed by atoms with Crippen molar-refractivity contribution in [2.75, 3.05) is 44.7 Å². The zero-order chi connectivity index (χ0) is 17.9. The lowest BCUT2D eigenvalue weighted by Crippen LogP contribution is -2.50. The number of fused-ring (bicyclic) bond motifs is 2. The Kier molecular flexibility index (Phi) is 5.46. The van der Waals surface area contributed by atoms with Gasteiger partial charge in [0.05, 0.1) is 0 Å². The molecule has 3 heterocycles. The number of para-hydroxylation sites is 1. The molecule has 0 spiro atoms. The van der Waals surface area contributed by atoms with Crippen LogP contribution in [0, 0.1) is 0 Å². The Morgan fingerprint density at radius 1 is 1.08 bits per heavy atom. The predicted molar refractivity (Wildman–Crippen MR) is 105 cm³/mol. The monoisotopic (exact) mass is 356 g/mol. The van der Waals surface area contributed by atoms with Crippen LogP contribution in [0.3, 0.4) is 0 Å². The number of nitrogens with zero attached hydrogens (tertiary/aromatic N) is 3. The molecule has 3 aliphatic heterocycles. The number of carbonyl (C=O) groups is 1. The minimum absolute atomic E-state index is 0.321. The lowest BCUT2D eigenvalue weighted by molar-refractivity contribution is -0.133. The van der Waals surface area contributed by atoms with E-state index in [1.165, 1.54) is 18.5 Å². The second kappa shape index (κ2) is 7.97. The number of piperazine rings is 1. The third-order valence-electron chi connectivity index (χ3n) is 6.52. The fraction of sp³-hybridized carbons (Fsp3) is 0.667. The van der Waals surface area contributed by atoms with Gasteiger partial charge in [-0.3, -0.25) is 9.69 Å². The van der Waals surface area contributed by atoms with Crippen molar-refractivity contribution in [2.24, 2.45) is 0 Å². The number of carbonyl (C=O) groups excluding carboxylic acids is 1. The van der Waals surface area contributed by atoms with Gasteiger partial charge in [-0.2, -0.15) is 0 Å². The molecule has 3 saturated heterocycles. The van der Waals surface area contributed by atoms with Crippen LogP contribution in [0.1, 0.15) is 32.1 Å². The Bertz CT molecular complexity index is 587. The molecular formula is C21H32N4O. The van der Waals surface area contributed by atoms with E-state index in [2.05, 4.69) is 45.4 Å². The molecule has 26 heavy (non-hydrogen) atoms. The van der Waals surface area contributed by atoms with Gasteiger partial charge in [0.2, 0.25) is 5.91 Å². The normalized spacial score (nSPS) is 29.0. The van der Waals surface area contributed by atoms with E-state index in [1.54, 1.807) is 0 Å². The van der Waals surface area contributed by atoms with Gasteiger partial charge in [0.15, 0.2) is 0 Å².